The van der Waals surface area contributed by atoms with Gasteiger partial charge in [-0.05, 0) is 85.2 Å². The van der Waals surface area contributed by atoms with Crippen LogP contribution in [-0.2, 0) is 31.0 Å². The van der Waals surface area contributed by atoms with Gasteiger partial charge < -0.3 is 14.9 Å². The van der Waals surface area contributed by atoms with E-state index in [1.54, 1.807) is 36.4 Å². The fourth-order valence-corrected chi connectivity index (χ4v) is 9.19. The molecule has 0 radical (unpaired) electrons. The summed E-state index contributed by atoms with van der Waals surface area (Å²) in [6.07, 6.45) is 2.95. The Kier molecular flexibility index (Phi) is 8.12. The lowest BCUT2D eigenvalue weighted by Gasteiger charge is -2.50. The summed E-state index contributed by atoms with van der Waals surface area (Å²) in [6, 6.07) is 28.4. The molecule has 8 rings (SSSR count). The third kappa shape index (κ3) is 5.07. The molecule has 4 aromatic carbocycles. The minimum atomic E-state index is -1.42. The van der Waals surface area contributed by atoms with E-state index in [2.05, 4.69) is 5.43 Å². The molecule has 3 fully saturated rings. The van der Waals surface area contributed by atoms with Crippen molar-refractivity contribution >= 4 is 29.3 Å². The third-order valence-electron chi connectivity index (χ3n) is 11.6. The number of methoxy groups -OCH3 is 1. The van der Waals surface area contributed by atoms with Gasteiger partial charge in [0.2, 0.25) is 11.8 Å². The maximum atomic E-state index is 15.3. The molecule has 4 amide bonds. The van der Waals surface area contributed by atoms with Crippen LogP contribution in [0.2, 0.25) is 0 Å². The number of hydrazine groups is 1. The molecule has 3 N–H and O–H groups in total. The summed E-state index contributed by atoms with van der Waals surface area (Å²) < 4.78 is 5.54. The summed E-state index contributed by atoms with van der Waals surface area (Å²) in [7, 11) is 1.45. The number of hydrogen-bond acceptors (Lipinski definition) is 8. The van der Waals surface area contributed by atoms with Crippen LogP contribution in [0.3, 0.4) is 0 Å². The number of likely N-dealkylation sites (tertiary alicyclic amines) is 1. The molecule has 2 heterocycles. The third-order valence-corrected chi connectivity index (χ3v) is 11.6. The van der Waals surface area contributed by atoms with Crippen molar-refractivity contribution < 1.29 is 34.1 Å². The largest absolute Gasteiger partial charge is 0.508 e. The number of ether oxygens (including phenoxy) is 1. The van der Waals surface area contributed by atoms with E-state index in [-0.39, 0.29) is 42.0 Å². The van der Waals surface area contributed by atoms with E-state index in [9.17, 15) is 24.6 Å². The van der Waals surface area contributed by atoms with Crippen LogP contribution in [0.4, 0.5) is 5.69 Å². The van der Waals surface area contributed by atoms with Crippen molar-refractivity contribution in [3.8, 4) is 17.2 Å². The fraction of sp³-hybridized carbons (Fsp3) is 0.286. The Labute approximate surface area is 301 Å². The van der Waals surface area contributed by atoms with Gasteiger partial charge in [0.25, 0.3) is 11.8 Å². The van der Waals surface area contributed by atoms with Crippen LogP contribution in [0.15, 0.2) is 109 Å². The summed E-state index contributed by atoms with van der Waals surface area (Å²) in [5, 5.41) is 21.5. The van der Waals surface area contributed by atoms with Gasteiger partial charge in [0.05, 0.1) is 36.0 Å². The zero-order valence-corrected chi connectivity index (χ0v) is 28.9. The van der Waals surface area contributed by atoms with E-state index in [4.69, 9.17) is 4.74 Å². The Morgan fingerprint density at radius 3 is 2.29 bits per heavy atom. The second-order valence-corrected chi connectivity index (χ2v) is 14.3. The van der Waals surface area contributed by atoms with Gasteiger partial charge in [-0.2, -0.15) is 5.01 Å². The number of rotatable bonds is 8. The van der Waals surface area contributed by atoms with Crippen molar-refractivity contribution in [2.24, 2.45) is 23.7 Å². The number of nitrogens with one attached hydrogen (secondary N) is 1. The van der Waals surface area contributed by atoms with Gasteiger partial charge in [0, 0.05) is 12.5 Å². The molecule has 6 atom stereocenters. The summed E-state index contributed by atoms with van der Waals surface area (Å²) in [5.41, 5.74) is 6.32. The highest BCUT2D eigenvalue weighted by Crippen LogP contribution is 2.64. The smallest absolute Gasteiger partial charge is 0.260 e. The first kappa shape index (κ1) is 33.3. The van der Waals surface area contributed by atoms with Crippen LogP contribution in [0.5, 0.6) is 17.2 Å². The second kappa shape index (κ2) is 12.7. The number of nitrogens with zero attached hydrogens (tertiary/aromatic N) is 2. The molecule has 52 heavy (non-hydrogen) atoms. The van der Waals surface area contributed by atoms with Gasteiger partial charge in [-0.1, -0.05) is 77.9 Å². The van der Waals surface area contributed by atoms with E-state index in [1.165, 1.54) is 18.1 Å². The Hall–Kier alpha value is -5.90. The Balaban J connectivity index is 1.26. The summed E-state index contributed by atoms with van der Waals surface area (Å²) >= 11 is 0. The first-order valence-electron chi connectivity index (χ1n) is 17.6. The second-order valence-electron chi connectivity index (χ2n) is 14.3. The number of phenols is 2. The van der Waals surface area contributed by atoms with Crippen LogP contribution in [0, 0.1) is 30.6 Å². The molecule has 0 bridgehead atoms. The van der Waals surface area contributed by atoms with Crippen LogP contribution >= 0.6 is 0 Å². The van der Waals surface area contributed by atoms with Crippen molar-refractivity contribution in [1.29, 1.82) is 0 Å². The van der Waals surface area contributed by atoms with Crippen molar-refractivity contribution in [2.45, 2.75) is 37.5 Å². The minimum absolute atomic E-state index is 0.0704. The summed E-state index contributed by atoms with van der Waals surface area (Å²) in [4.78, 5) is 59.7. The molecule has 1 saturated carbocycles. The Morgan fingerprint density at radius 1 is 0.846 bits per heavy atom. The molecule has 264 valence electrons. The highest BCUT2D eigenvalue weighted by atomic mass is 16.5. The summed E-state index contributed by atoms with van der Waals surface area (Å²) in [5.74, 6) is -4.47. The average molecular weight is 698 g/mol. The molecule has 4 aliphatic rings. The number of aromatic hydroxyl groups is 2. The van der Waals surface area contributed by atoms with Gasteiger partial charge in [-0.3, -0.25) is 29.5 Å². The number of hydrogen-bond donors (Lipinski definition) is 3. The first-order chi connectivity index (χ1) is 25.1. The van der Waals surface area contributed by atoms with Gasteiger partial charge in [-0.25, -0.2) is 0 Å². The van der Waals surface area contributed by atoms with E-state index < -0.39 is 46.8 Å². The zero-order valence-electron chi connectivity index (χ0n) is 28.9. The monoisotopic (exact) mass is 697 g/mol. The normalized spacial score (nSPS) is 26.5. The standard InChI is InChI=1S/C42H39N3O7/c1-24-8-13-28(14-9-24)43-45-39(49)33-23-32-30(17-18-31-36(32)40(50)44(38(31)48)21-20-25-10-15-29(46)16-11-25)37(26-12-19-34(47)35(22-26)52-2)42(33,41(45)51)27-6-4-3-5-7-27/h3-17,19,22,31-33,36-37,43,46-47H,18,20-21,23H2,1-2H3/t31-,32+,33-,36-,37-,42+/m0/s1. The maximum Gasteiger partial charge on any atom is 0.260 e. The number of fused-ring (bicyclic) bond motifs is 4. The predicted molar refractivity (Wildman–Crippen MR) is 192 cm³/mol. The van der Waals surface area contributed by atoms with E-state index in [0.717, 1.165) is 21.7 Å². The minimum Gasteiger partial charge on any atom is -0.508 e. The van der Waals surface area contributed by atoms with Crippen LogP contribution < -0.4 is 10.2 Å². The number of carbonyl (C=O) groups excluding carboxylic acids is 4. The number of allylic oxidation sites excluding steroid dienone is 2. The molecule has 2 aliphatic carbocycles. The molecular weight excluding hydrogens is 658 g/mol. The van der Waals surface area contributed by atoms with Crippen molar-refractivity contribution in [2.75, 3.05) is 19.1 Å². The predicted octanol–water partition coefficient (Wildman–Crippen LogP) is 5.64. The number of amides is 4. The molecule has 2 saturated heterocycles. The van der Waals surface area contributed by atoms with Crippen molar-refractivity contribution in [1.82, 2.24) is 9.91 Å². The lowest BCUT2D eigenvalue weighted by atomic mass is 9.49. The number of aryl methyl sites for hydroxylation is 1. The summed E-state index contributed by atoms with van der Waals surface area (Å²) in [6.45, 7) is 2.15. The van der Waals surface area contributed by atoms with E-state index >= 15 is 4.79 Å². The average Bonchev–Trinajstić information content (AvgIpc) is 3.53. The maximum absolute atomic E-state index is 15.3. The number of carbonyl (C=O) groups is 4. The number of phenolic OH excluding ortho intramolecular Hbond substituents is 2. The van der Waals surface area contributed by atoms with E-state index in [0.29, 0.717) is 29.7 Å². The molecule has 10 heteroatoms. The van der Waals surface area contributed by atoms with Gasteiger partial charge >= 0.3 is 0 Å². The van der Waals surface area contributed by atoms with Gasteiger partial charge in [0.15, 0.2) is 11.5 Å². The van der Waals surface area contributed by atoms with Gasteiger partial charge in [0.1, 0.15) is 5.75 Å². The molecule has 10 nitrogen and oxygen atoms in total. The molecule has 2 aliphatic heterocycles. The lowest BCUT2D eigenvalue weighted by Crippen LogP contribution is -2.53. The number of benzene rings is 4. The Bertz CT molecular complexity index is 2110. The van der Waals surface area contributed by atoms with Crippen LogP contribution in [0.1, 0.15) is 41.0 Å². The van der Waals surface area contributed by atoms with Crippen LogP contribution in [0.25, 0.3) is 0 Å². The van der Waals surface area contributed by atoms with E-state index in [1.807, 2.05) is 67.6 Å². The zero-order chi connectivity index (χ0) is 36.3. The fourth-order valence-electron chi connectivity index (χ4n) is 9.19. The highest BCUT2D eigenvalue weighted by Gasteiger charge is 2.70. The van der Waals surface area contributed by atoms with Gasteiger partial charge in [-0.15, -0.1) is 0 Å². The first-order valence-corrected chi connectivity index (χ1v) is 17.6. The molecule has 0 spiro atoms. The number of anilines is 1. The Morgan fingerprint density at radius 2 is 1.58 bits per heavy atom. The molecule has 0 unspecified atom stereocenters. The molecule has 0 aromatic heterocycles. The molecular formula is C42H39N3O7. The molecule has 4 aromatic rings. The highest BCUT2D eigenvalue weighted by molar-refractivity contribution is 6.13. The lowest BCUT2D eigenvalue weighted by molar-refractivity contribution is -0.141. The van der Waals surface area contributed by atoms with Crippen molar-refractivity contribution in [3.63, 3.8) is 0 Å². The SMILES string of the molecule is COc1cc([C@H]2C3=CC[C@@H]4C(=O)N(CCc5ccc(O)cc5)C(=O)[C@@H]4[C@@H]3C[C@H]3C(=O)N(Nc4ccc(C)cc4)C(=O)[C@@]23c2ccccc2)ccc1O. The topological polar surface area (TPSA) is 136 Å². The van der Waals surface area contributed by atoms with Crippen molar-refractivity contribution in [3.05, 3.63) is 131 Å². The quantitative estimate of drug-likeness (QED) is 0.159. The number of imide groups is 2. The van der Waals surface area contributed by atoms with Crippen LogP contribution in [-0.4, -0.2) is 57.4 Å².